The van der Waals surface area contributed by atoms with Crippen molar-refractivity contribution in [2.24, 2.45) is 0 Å². The SMILES string of the molecule is COC(=O)C1CN(CC2CCC(C)(C)O2)CCO1. The number of morpholine rings is 1. The van der Waals surface area contributed by atoms with Gasteiger partial charge in [0.1, 0.15) is 0 Å². The molecule has 2 aliphatic heterocycles. The van der Waals surface area contributed by atoms with Gasteiger partial charge in [-0.3, -0.25) is 4.90 Å². The van der Waals surface area contributed by atoms with E-state index in [0.29, 0.717) is 13.2 Å². The first-order valence-corrected chi connectivity index (χ1v) is 6.60. The Kier molecular flexibility index (Phi) is 4.25. The highest BCUT2D eigenvalue weighted by Crippen LogP contribution is 2.29. The second-order valence-electron chi connectivity index (χ2n) is 5.68. The van der Waals surface area contributed by atoms with E-state index >= 15 is 0 Å². The van der Waals surface area contributed by atoms with Crippen molar-refractivity contribution in [3.8, 4) is 0 Å². The lowest BCUT2D eigenvalue weighted by atomic mass is 10.1. The molecule has 2 saturated heterocycles. The normalized spacial score (nSPS) is 32.4. The Morgan fingerprint density at radius 1 is 1.50 bits per heavy atom. The Hall–Kier alpha value is -0.650. The first kappa shape index (κ1) is 13.8. The first-order valence-electron chi connectivity index (χ1n) is 6.60. The van der Waals surface area contributed by atoms with E-state index in [2.05, 4.69) is 18.7 Å². The van der Waals surface area contributed by atoms with Gasteiger partial charge in [0, 0.05) is 19.6 Å². The Labute approximate surface area is 108 Å². The lowest BCUT2D eigenvalue weighted by Crippen LogP contribution is -2.48. The average Bonchev–Trinajstić information content (AvgIpc) is 2.68. The molecule has 104 valence electrons. The third-order valence-corrected chi connectivity index (χ3v) is 3.63. The van der Waals surface area contributed by atoms with Gasteiger partial charge in [-0.2, -0.15) is 0 Å². The number of ether oxygens (including phenoxy) is 3. The van der Waals surface area contributed by atoms with E-state index in [-0.39, 0.29) is 17.7 Å². The van der Waals surface area contributed by atoms with Crippen LogP contribution in [0, 0.1) is 0 Å². The molecule has 2 aliphatic rings. The van der Waals surface area contributed by atoms with Crippen LogP contribution in [0.4, 0.5) is 0 Å². The zero-order chi connectivity index (χ0) is 13.2. The summed E-state index contributed by atoms with van der Waals surface area (Å²) in [5, 5.41) is 0. The molecule has 0 aromatic carbocycles. The molecule has 2 fully saturated rings. The molecule has 0 aromatic heterocycles. The zero-order valence-electron chi connectivity index (χ0n) is 11.5. The molecule has 2 atom stereocenters. The number of esters is 1. The highest BCUT2D eigenvalue weighted by Gasteiger charge is 2.34. The van der Waals surface area contributed by atoms with Gasteiger partial charge in [-0.15, -0.1) is 0 Å². The molecule has 0 saturated carbocycles. The number of methoxy groups -OCH3 is 1. The van der Waals surface area contributed by atoms with Crippen LogP contribution < -0.4 is 0 Å². The number of carbonyl (C=O) groups excluding carboxylic acids is 1. The maximum atomic E-state index is 11.4. The minimum Gasteiger partial charge on any atom is -0.467 e. The minimum absolute atomic E-state index is 0.00129. The van der Waals surface area contributed by atoms with E-state index in [4.69, 9.17) is 14.2 Å². The maximum Gasteiger partial charge on any atom is 0.336 e. The Morgan fingerprint density at radius 2 is 2.28 bits per heavy atom. The fraction of sp³-hybridized carbons (Fsp3) is 0.923. The molecule has 0 N–H and O–H groups in total. The Morgan fingerprint density at radius 3 is 2.89 bits per heavy atom. The minimum atomic E-state index is -0.446. The van der Waals surface area contributed by atoms with Gasteiger partial charge < -0.3 is 14.2 Å². The molecule has 0 aliphatic carbocycles. The summed E-state index contributed by atoms with van der Waals surface area (Å²) in [6.07, 6.45) is 2.02. The van der Waals surface area contributed by atoms with Gasteiger partial charge in [-0.1, -0.05) is 0 Å². The van der Waals surface area contributed by atoms with E-state index in [1.54, 1.807) is 0 Å². The molecule has 2 heterocycles. The highest BCUT2D eigenvalue weighted by molar-refractivity contribution is 5.74. The molecule has 0 aromatic rings. The molecule has 0 bridgehead atoms. The summed E-state index contributed by atoms with van der Waals surface area (Å²) in [5.41, 5.74) is -0.00129. The lowest BCUT2D eigenvalue weighted by molar-refractivity contribution is -0.160. The van der Waals surface area contributed by atoms with E-state index in [0.717, 1.165) is 25.9 Å². The number of carbonyl (C=O) groups is 1. The lowest BCUT2D eigenvalue weighted by Gasteiger charge is -2.33. The van der Waals surface area contributed by atoms with Crippen LogP contribution >= 0.6 is 0 Å². The summed E-state index contributed by atoms with van der Waals surface area (Å²) in [5.74, 6) is -0.285. The summed E-state index contributed by atoms with van der Waals surface area (Å²) in [6.45, 7) is 7.17. The molecular formula is C13H23NO4. The van der Waals surface area contributed by atoms with Gasteiger partial charge in [0.15, 0.2) is 6.10 Å². The summed E-state index contributed by atoms with van der Waals surface area (Å²) >= 11 is 0. The standard InChI is InChI=1S/C13H23NO4/c1-13(2)5-4-10(18-13)8-14-6-7-17-11(9-14)12(15)16-3/h10-11H,4-9H2,1-3H3. The molecule has 0 spiro atoms. The summed E-state index contributed by atoms with van der Waals surface area (Å²) in [6, 6.07) is 0. The smallest absolute Gasteiger partial charge is 0.336 e. The van der Waals surface area contributed by atoms with Crippen LogP contribution in [0.3, 0.4) is 0 Å². The summed E-state index contributed by atoms with van der Waals surface area (Å²) in [4.78, 5) is 13.7. The molecule has 2 rings (SSSR count). The summed E-state index contributed by atoms with van der Waals surface area (Å²) in [7, 11) is 1.40. The number of hydrogen-bond acceptors (Lipinski definition) is 5. The molecule has 5 heteroatoms. The number of nitrogens with zero attached hydrogens (tertiary/aromatic N) is 1. The first-order chi connectivity index (χ1) is 8.50. The molecular weight excluding hydrogens is 234 g/mol. The fourth-order valence-electron chi connectivity index (χ4n) is 2.64. The van der Waals surface area contributed by atoms with Crippen LogP contribution in [0.15, 0.2) is 0 Å². The quantitative estimate of drug-likeness (QED) is 0.701. The second kappa shape index (κ2) is 5.55. The second-order valence-corrected chi connectivity index (χ2v) is 5.68. The van der Waals surface area contributed by atoms with Crippen LogP contribution in [0.2, 0.25) is 0 Å². The van der Waals surface area contributed by atoms with E-state index in [9.17, 15) is 4.79 Å². The monoisotopic (exact) mass is 257 g/mol. The molecule has 0 radical (unpaired) electrons. The number of rotatable bonds is 3. The van der Waals surface area contributed by atoms with Gasteiger partial charge in [-0.25, -0.2) is 4.79 Å². The van der Waals surface area contributed by atoms with Gasteiger partial charge in [0.2, 0.25) is 0 Å². The van der Waals surface area contributed by atoms with Crippen molar-refractivity contribution in [1.82, 2.24) is 4.90 Å². The summed E-state index contributed by atoms with van der Waals surface area (Å²) < 4.78 is 16.1. The van der Waals surface area contributed by atoms with E-state index in [1.807, 2.05) is 0 Å². The third-order valence-electron chi connectivity index (χ3n) is 3.63. The van der Waals surface area contributed by atoms with Gasteiger partial charge in [0.25, 0.3) is 0 Å². The predicted molar refractivity (Wildman–Crippen MR) is 66.4 cm³/mol. The van der Waals surface area contributed by atoms with Crippen molar-refractivity contribution in [3.63, 3.8) is 0 Å². The third kappa shape index (κ3) is 3.43. The predicted octanol–water partition coefficient (Wildman–Crippen LogP) is 0.818. The topological polar surface area (TPSA) is 48.0 Å². The molecule has 18 heavy (non-hydrogen) atoms. The van der Waals surface area contributed by atoms with Gasteiger partial charge in [0.05, 0.1) is 25.4 Å². The largest absolute Gasteiger partial charge is 0.467 e. The maximum absolute atomic E-state index is 11.4. The van der Waals surface area contributed by atoms with Crippen LogP contribution in [-0.2, 0) is 19.0 Å². The van der Waals surface area contributed by atoms with Crippen LogP contribution in [-0.4, -0.2) is 62.0 Å². The van der Waals surface area contributed by atoms with Crippen molar-refractivity contribution in [1.29, 1.82) is 0 Å². The molecule has 0 amide bonds. The fourth-order valence-corrected chi connectivity index (χ4v) is 2.64. The van der Waals surface area contributed by atoms with Gasteiger partial charge >= 0.3 is 5.97 Å². The van der Waals surface area contributed by atoms with Crippen LogP contribution in [0.25, 0.3) is 0 Å². The van der Waals surface area contributed by atoms with Crippen molar-refractivity contribution in [3.05, 3.63) is 0 Å². The van der Waals surface area contributed by atoms with Crippen molar-refractivity contribution in [2.45, 2.75) is 44.5 Å². The van der Waals surface area contributed by atoms with Gasteiger partial charge in [-0.05, 0) is 26.7 Å². The average molecular weight is 257 g/mol. The van der Waals surface area contributed by atoms with Crippen LogP contribution in [0.5, 0.6) is 0 Å². The highest BCUT2D eigenvalue weighted by atomic mass is 16.6. The van der Waals surface area contributed by atoms with E-state index < -0.39 is 6.10 Å². The van der Waals surface area contributed by atoms with Crippen molar-refractivity contribution in [2.75, 3.05) is 33.4 Å². The molecule has 2 unspecified atom stereocenters. The molecule has 5 nitrogen and oxygen atoms in total. The van der Waals surface area contributed by atoms with Crippen molar-refractivity contribution >= 4 is 5.97 Å². The Balaban J connectivity index is 1.81. The van der Waals surface area contributed by atoms with Crippen molar-refractivity contribution < 1.29 is 19.0 Å². The van der Waals surface area contributed by atoms with Crippen LogP contribution in [0.1, 0.15) is 26.7 Å². The zero-order valence-corrected chi connectivity index (χ0v) is 11.5. The van der Waals surface area contributed by atoms with E-state index in [1.165, 1.54) is 7.11 Å². The number of hydrogen-bond donors (Lipinski definition) is 0. The Bertz CT molecular complexity index is 305.